The predicted octanol–water partition coefficient (Wildman–Crippen LogP) is 14.1. The van der Waals surface area contributed by atoms with Gasteiger partial charge in [-0.25, -0.2) is 48.7 Å². The van der Waals surface area contributed by atoms with E-state index >= 15 is 0 Å². The van der Waals surface area contributed by atoms with Crippen molar-refractivity contribution in [1.82, 2.24) is 75.4 Å². The number of ether oxygens (including phenoxy) is 4. The van der Waals surface area contributed by atoms with Gasteiger partial charge in [0.2, 0.25) is 11.8 Å². The fourth-order valence-corrected chi connectivity index (χ4v) is 11.9. The highest BCUT2D eigenvalue weighted by molar-refractivity contribution is 6.34. The maximum absolute atomic E-state index is 13.3. The second kappa shape index (κ2) is 48.3. The zero-order valence-corrected chi connectivity index (χ0v) is 68.8. The normalized spacial score (nSPS) is 11.2. The minimum Gasteiger partial charge on any atom is -0.493 e. The van der Waals surface area contributed by atoms with Crippen molar-refractivity contribution in [2.45, 2.75) is 58.3 Å². The van der Waals surface area contributed by atoms with Crippen LogP contribution in [-0.4, -0.2) is 197 Å². The predicted molar refractivity (Wildman–Crippen MR) is 464 cm³/mol. The minimum absolute atomic E-state index is 0. The second-order valence-corrected chi connectivity index (χ2v) is 27.4. The summed E-state index contributed by atoms with van der Waals surface area (Å²) in [6.07, 6.45) is 10.8. The number of nitrogens with zero attached hydrogens (tertiary/aromatic N) is 13. The van der Waals surface area contributed by atoms with Crippen LogP contribution in [0.5, 0.6) is 23.0 Å². The maximum atomic E-state index is 13.3. The molecule has 1 aliphatic heterocycles. The molecule has 7 aromatic heterocycles. The van der Waals surface area contributed by atoms with Gasteiger partial charge < -0.3 is 71.5 Å². The van der Waals surface area contributed by atoms with Gasteiger partial charge in [-0.15, -0.1) is 47.2 Å². The van der Waals surface area contributed by atoms with Crippen LogP contribution in [0.1, 0.15) is 56.1 Å². The van der Waals surface area contributed by atoms with Crippen molar-refractivity contribution < 1.29 is 62.2 Å². The number of carboxylic acids is 2. The summed E-state index contributed by atoms with van der Waals surface area (Å²) in [4.78, 5) is 85.7. The number of nitrogens with two attached hydrogens (primary N) is 1. The Bertz CT molecular complexity index is 5640. The van der Waals surface area contributed by atoms with Crippen molar-refractivity contribution in [3.63, 3.8) is 0 Å². The quantitative estimate of drug-likeness (QED) is 0.00997. The molecule has 0 aliphatic carbocycles. The van der Waals surface area contributed by atoms with E-state index in [0.717, 1.165) is 99.5 Å². The maximum Gasteiger partial charge on any atom is 0.309 e. The number of likely N-dealkylation sites (N-methyl/N-ethyl adjacent to an activating group) is 1. The monoisotopic (exact) mass is 1750 g/mol. The Morgan fingerprint density at radius 2 is 0.909 bits per heavy atom. The summed E-state index contributed by atoms with van der Waals surface area (Å²) in [5, 5.41) is 64.7. The van der Waals surface area contributed by atoms with Gasteiger partial charge in [0.25, 0.3) is 0 Å². The third kappa shape index (κ3) is 30.2. The molecule has 14 rings (SSSR count). The van der Waals surface area contributed by atoms with Gasteiger partial charge in [-0.1, -0.05) is 30.7 Å². The summed E-state index contributed by atoms with van der Waals surface area (Å²) >= 11 is 22.8. The number of benzene rings is 6. The van der Waals surface area contributed by atoms with E-state index in [0.29, 0.717) is 143 Å². The molecule has 0 saturated carbocycles. The molecule has 8 heterocycles. The molecule has 6 aromatic carbocycles. The van der Waals surface area contributed by atoms with Gasteiger partial charge in [0.05, 0.1) is 87.3 Å². The molecule has 13 aromatic rings. The first kappa shape index (κ1) is 92.1. The van der Waals surface area contributed by atoms with E-state index in [4.69, 9.17) is 86.4 Å². The number of carbonyl (C=O) groups is 4. The number of aliphatic carboxylic acids is 2. The molecule has 0 radical (unpaired) electrons. The molecule has 0 atom stereocenters. The summed E-state index contributed by atoms with van der Waals surface area (Å²) in [7, 11) is 0. The molecule has 121 heavy (non-hydrogen) atoms. The van der Waals surface area contributed by atoms with Gasteiger partial charge in [0.15, 0.2) is 11.6 Å². The van der Waals surface area contributed by atoms with Crippen molar-refractivity contribution in [3.05, 3.63) is 210 Å². The van der Waals surface area contributed by atoms with Crippen LogP contribution < -0.4 is 51.3 Å². The molecule has 0 bridgehead atoms. The lowest BCUT2D eigenvalue weighted by atomic mass is 10.2. The number of hydrogen-bond acceptors (Lipinski definition) is 26. The first-order chi connectivity index (χ1) is 58.3. The number of amides is 2. The topological polar surface area (TPSA) is 457 Å². The number of amidine groups is 1. The lowest BCUT2D eigenvalue weighted by Gasteiger charge is -2.18. The van der Waals surface area contributed by atoms with E-state index in [-0.39, 0.29) is 56.5 Å². The van der Waals surface area contributed by atoms with Crippen LogP contribution in [0.2, 0.25) is 5.15 Å². The first-order valence-electron chi connectivity index (χ1n) is 37.4. The molecule has 0 saturated heterocycles. The Balaban J connectivity index is 0.000000181. The van der Waals surface area contributed by atoms with E-state index in [2.05, 4.69) is 114 Å². The van der Waals surface area contributed by atoms with Gasteiger partial charge in [-0.3, -0.25) is 39.5 Å². The number of anilines is 8. The van der Waals surface area contributed by atoms with Crippen molar-refractivity contribution in [2.24, 2.45) is 4.99 Å². The van der Waals surface area contributed by atoms with Gasteiger partial charge in [-0.05, 0) is 129 Å². The highest BCUT2D eigenvalue weighted by atomic mass is 35.5. The number of nitrogens with one attached hydrogen (secondary N) is 8. The van der Waals surface area contributed by atoms with Crippen molar-refractivity contribution in [3.8, 4) is 23.0 Å². The Morgan fingerprint density at radius 1 is 0.496 bits per heavy atom. The number of aromatic amines is 3. The molecule has 33 nitrogen and oxygen atoms in total. The van der Waals surface area contributed by atoms with Crippen LogP contribution in [0, 0.1) is 11.6 Å². The number of carbonyl (C=O) groups excluding carboxylic acids is 2. The Morgan fingerprint density at radius 3 is 1.32 bits per heavy atom. The average Bonchev–Trinajstić information content (AvgIpc) is 1.66. The molecule has 0 spiro atoms. The minimum atomic E-state index is -0.899. The molecule has 634 valence electrons. The zero-order chi connectivity index (χ0) is 85.0. The van der Waals surface area contributed by atoms with Gasteiger partial charge in [-0.2, -0.15) is 15.3 Å². The fraction of sp³-hybridized carbons (Fsp3) is 0.259. The lowest BCUT2D eigenvalue weighted by molar-refractivity contribution is -0.137. The van der Waals surface area contributed by atoms with Crippen LogP contribution in [0.4, 0.5) is 55.1 Å². The summed E-state index contributed by atoms with van der Waals surface area (Å²) in [5.74, 6) is 5.11. The van der Waals surface area contributed by atoms with E-state index in [1.165, 1.54) is 67.8 Å². The first-order valence-corrected chi connectivity index (χ1v) is 39.4. The van der Waals surface area contributed by atoms with Crippen LogP contribution in [0.3, 0.4) is 0 Å². The number of aliphatic hydroxyl groups excluding tert-OH is 1. The number of hydrogen-bond donors (Lipinski definition) is 12. The molecule has 1 aliphatic rings. The number of halogens is 7. The Hall–Kier alpha value is -12.8. The van der Waals surface area contributed by atoms with Crippen molar-refractivity contribution in [1.29, 1.82) is 0 Å². The number of aliphatic imine (C=N–C) groups is 1. The largest absolute Gasteiger partial charge is 0.493 e. The summed E-state index contributed by atoms with van der Waals surface area (Å²) < 4.78 is 49.3. The number of nitrogen functional groups attached to an aromatic ring is 1. The van der Waals surface area contributed by atoms with Crippen molar-refractivity contribution in [2.75, 3.05) is 109 Å². The number of carboxylic acid groups (broad SMARTS) is 2. The smallest absolute Gasteiger partial charge is 0.309 e. The van der Waals surface area contributed by atoms with Crippen molar-refractivity contribution >= 4 is 178 Å². The number of rotatable bonds is 35. The molecular formula is C81H85Cl5F2N22O11. The number of alkyl halides is 3. The van der Waals surface area contributed by atoms with Crippen LogP contribution in [0.25, 0.3) is 43.6 Å². The average molecular weight is 1760 g/mol. The van der Waals surface area contributed by atoms with E-state index in [1.807, 2.05) is 72.8 Å². The number of H-pyrrole nitrogens is 3. The number of aliphatic hydroxyl groups is 1. The second-order valence-electron chi connectivity index (χ2n) is 25.9. The number of aromatic nitrogens is 14. The van der Waals surface area contributed by atoms with Gasteiger partial charge in [0.1, 0.15) is 94.2 Å². The molecule has 13 N–H and O–H groups in total. The SMILES string of the molecule is CCN(CCO)CCCOc1ccc2c(Nc3cc(CC(=O)Nc4cccc(F)c4)[nH]n3)ncnc2c1.Cl.ClCCCOc1ccc2c(Cl)ncnc2c1.Nc1cc(CC(=O)O)[nH]n1.O=C(Cc1cc(Nc2ncnc3cc(OCCCCl)ccc23)n[nH]1)Nc1cccc(F)c1.O=C(O)CC1=CC(Nc2ncnc3cc(OCCCCl)ccc23)=NC1. The summed E-state index contributed by atoms with van der Waals surface area (Å²) in [6.45, 7) is 7.28. The standard InChI is InChI=1S/C26H30FN7O3.C22H20ClFN6O2.C17H17ClN4O3.C11H10Cl2N2O.C5H7N3O2.ClH/c1-2-34(10-11-35)9-4-12-37-21-7-8-22-23(16-21)28-17-29-26(22)31-24-14-20(32-33-24)15-25(36)30-19-6-3-5-18(27)13-19;23-7-2-8-32-17-5-6-18-19(12-17)25-13-26-22(18)28-20-10-16(29-30-20)11-21(31)27-15-4-1-3-14(24)9-15;18-4-1-5-25-12-2-3-13-14(8-12)20-10-21-17(13)22-15-6-11(9-19-15)7-16(23)24;12-4-1-5-16-8-2-3-9-10(6-8)14-7-15-11(9)13;6-4-1-3(7-8-4)2-5(9)10;/h3,5-8,13-14,16-17,35H,2,4,9-12,15H2,1H3,(H,30,36)(H2,28,29,31,32,33);1,3-6,9-10,12-13H,2,7-8,11H2,(H,27,31)(H2,25,26,28,29,30);2-3,6,8,10H,1,4-5,7,9H2,(H,23,24)(H,19,20,21,22);2-3,6-7H,1,4-5H2;1H,2H2,(H,9,10)(H3,6,7,8);1H. The highest BCUT2D eigenvalue weighted by Crippen LogP contribution is 2.31. The highest BCUT2D eigenvalue weighted by Gasteiger charge is 2.18. The lowest BCUT2D eigenvalue weighted by Crippen LogP contribution is -2.28. The summed E-state index contributed by atoms with van der Waals surface area (Å²) in [5.41, 5.74) is 11.4. The van der Waals surface area contributed by atoms with Gasteiger partial charge >= 0.3 is 11.9 Å². The fourth-order valence-electron chi connectivity index (χ4n) is 11.3. The Labute approximate surface area is 717 Å². The van der Waals surface area contributed by atoms with E-state index in [1.54, 1.807) is 30.3 Å². The third-order valence-corrected chi connectivity index (χ3v) is 18.0. The molecule has 0 fully saturated rings. The molecule has 2 amide bonds. The molecular weight excluding hydrogens is 1670 g/mol. The van der Waals surface area contributed by atoms with Crippen LogP contribution >= 0.6 is 58.8 Å². The van der Waals surface area contributed by atoms with E-state index in [9.17, 15) is 28.0 Å². The van der Waals surface area contributed by atoms with Crippen LogP contribution in [-0.2, 0) is 38.4 Å². The molecule has 40 heteroatoms. The zero-order valence-electron chi connectivity index (χ0n) is 65.0. The van der Waals surface area contributed by atoms with Gasteiger partial charge in [0, 0.05) is 123 Å². The molecule has 0 unspecified atom stereocenters. The third-order valence-electron chi connectivity index (χ3n) is 16.9. The number of fused-ring (bicyclic) bond motifs is 4. The summed E-state index contributed by atoms with van der Waals surface area (Å²) in [6, 6.07) is 38.7. The van der Waals surface area contributed by atoms with Crippen LogP contribution in [0.15, 0.2) is 181 Å². The van der Waals surface area contributed by atoms with E-state index < -0.39 is 23.6 Å². The Kier molecular flexibility index (Phi) is 36.8.